The molecule has 0 atom stereocenters. The monoisotopic (exact) mass is 391 g/mol. The van der Waals surface area contributed by atoms with Gasteiger partial charge in [-0.25, -0.2) is 0 Å². The molecule has 28 heavy (non-hydrogen) atoms. The summed E-state index contributed by atoms with van der Waals surface area (Å²) in [6.07, 6.45) is 7.13. The average Bonchev–Trinajstić information content (AvgIpc) is 3.24. The molecular formula is C21H18ClN5O. The summed E-state index contributed by atoms with van der Waals surface area (Å²) >= 11 is 6.19. The summed E-state index contributed by atoms with van der Waals surface area (Å²) in [7, 11) is 0. The molecule has 0 radical (unpaired) electrons. The summed E-state index contributed by atoms with van der Waals surface area (Å²) in [5.41, 5.74) is 2.92. The molecule has 1 aliphatic heterocycles. The fourth-order valence-electron chi connectivity index (χ4n) is 3.68. The van der Waals surface area contributed by atoms with Gasteiger partial charge in [0, 0.05) is 42.4 Å². The van der Waals surface area contributed by atoms with E-state index >= 15 is 0 Å². The van der Waals surface area contributed by atoms with Crippen LogP contribution in [-0.2, 0) is 0 Å². The average molecular weight is 392 g/mol. The fourth-order valence-corrected chi connectivity index (χ4v) is 3.89. The van der Waals surface area contributed by atoms with Gasteiger partial charge in [-0.2, -0.15) is 4.98 Å². The van der Waals surface area contributed by atoms with E-state index in [1.54, 1.807) is 18.5 Å². The van der Waals surface area contributed by atoms with Crippen LogP contribution in [-0.4, -0.2) is 33.2 Å². The lowest BCUT2D eigenvalue weighted by atomic mass is 9.96. The molecule has 0 saturated carbocycles. The Morgan fingerprint density at radius 2 is 1.93 bits per heavy atom. The van der Waals surface area contributed by atoms with E-state index in [1.165, 1.54) is 0 Å². The van der Waals surface area contributed by atoms with E-state index < -0.39 is 0 Å². The number of piperidine rings is 1. The van der Waals surface area contributed by atoms with Crippen LogP contribution in [0.25, 0.3) is 22.3 Å². The van der Waals surface area contributed by atoms with E-state index in [1.807, 2.05) is 24.4 Å². The first-order chi connectivity index (χ1) is 13.8. The molecule has 4 heterocycles. The van der Waals surface area contributed by atoms with Crippen molar-refractivity contribution in [3.63, 3.8) is 0 Å². The van der Waals surface area contributed by atoms with Gasteiger partial charge in [-0.15, -0.1) is 0 Å². The SMILES string of the molecule is Clc1cnccc1-c1noc(C2CCN(c3cnc4ccccc4c3)CC2)n1. The molecule has 0 amide bonds. The van der Waals surface area contributed by atoms with E-state index in [9.17, 15) is 0 Å². The van der Waals surface area contributed by atoms with Crippen LogP contribution in [0.1, 0.15) is 24.7 Å². The Morgan fingerprint density at radius 1 is 1.07 bits per heavy atom. The Kier molecular flexibility index (Phi) is 4.41. The van der Waals surface area contributed by atoms with E-state index in [0.717, 1.165) is 48.1 Å². The van der Waals surface area contributed by atoms with Crippen molar-refractivity contribution in [1.82, 2.24) is 20.1 Å². The summed E-state index contributed by atoms with van der Waals surface area (Å²) in [5, 5.41) is 5.80. The van der Waals surface area contributed by atoms with Crippen molar-refractivity contribution >= 4 is 28.2 Å². The number of aromatic nitrogens is 4. The highest BCUT2D eigenvalue weighted by atomic mass is 35.5. The van der Waals surface area contributed by atoms with Crippen LogP contribution in [0.15, 0.2) is 59.5 Å². The molecule has 1 saturated heterocycles. The number of nitrogens with zero attached hydrogens (tertiary/aromatic N) is 5. The number of fused-ring (bicyclic) bond motifs is 1. The molecule has 1 aromatic carbocycles. The molecule has 0 bridgehead atoms. The second-order valence-corrected chi connectivity index (χ2v) is 7.37. The smallest absolute Gasteiger partial charge is 0.230 e. The second-order valence-electron chi connectivity index (χ2n) is 6.96. The van der Waals surface area contributed by atoms with Gasteiger partial charge in [0.2, 0.25) is 11.7 Å². The van der Waals surface area contributed by atoms with Gasteiger partial charge in [0.05, 0.1) is 22.4 Å². The van der Waals surface area contributed by atoms with E-state index in [-0.39, 0.29) is 5.92 Å². The van der Waals surface area contributed by atoms with Gasteiger partial charge in [0.1, 0.15) is 0 Å². The maximum Gasteiger partial charge on any atom is 0.230 e. The van der Waals surface area contributed by atoms with Gasteiger partial charge >= 0.3 is 0 Å². The minimum atomic E-state index is 0.256. The lowest BCUT2D eigenvalue weighted by Gasteiger charge is -2.32. The normalized spacial score (nSPS) is 15.2. The molecule has 5 rings (SSSR count). The Bertz CT molecular complexity index is 1120. The summed E-state index contributed by atoms with van der Waals surface area (Å²) in [6, 6.07) is 12.2. The van der Waals surface area contributed by atoms with Gasteiger partial charge in [0.15, 0.2) is 0 Å². The molecule has 0 spiro atoms. The number of hydrogen-bond donors (Lipinski definition) is 0. The lowest BCUT2D eigenvalue weighted by Crippen LogP contribution is -2.33. The molecule has 7 heteroatoms. The number of rotatable bonds is 3. The highest BCUT2D eigenvalue weighted by molar-refractivity contribution is 6.33. The van der Waals surface area contributed by atoms with Gasteiger partial charge in [-0.05, 0) is 31.0 Å². The maximum absolute atomic E-state index is 6.19. The quantitative estimate of drug-likeness (QED) is 0.503. The summed E-state index contributed by atoms with van der Waals surface area (Å²) < 4.78 is 5.54. The Balaban J connectivity index is 1.30. The van der Waals surface area contributed by atoms with Gasteiger partial charge in [-0.1, -0.05) is 35.0 Å². The van der Waals surface area contributed by atoms with Crippen molar-refractivity contribution in [2.75, 3.05) is 18.0 Å². The largest absolute Gasteiger partial charge is 0.370 e. The molecule has 0 aliphatic carbocycles. The topological polar surface area (TPSA) is 67.9 Å². The minimum Gasteiger partial charge on any atom is -0.370 e. The third kappa shape index (κ3) is 3.20. The van der Waals surface area contributed by atoms with Crippen molar-refractivity contribution in [2.24, 2.45) is 0 Å². The first-order valence-electron chi connectivity index (χ1n) is 9.31. The molecular weight excluding hydrogens is 374 g/mol. The number of anilines is 1. The van der Waals surface area contributed by atoms with Crippen molar-refractivity contribution in [3.05, 3.63) is 65.9 Å². The van der Waals surface area contributed by atoms with Crippen LogP contribution in [0.2, 0.25) is 5.02 Å². The van der Waals surface area contributed by atoms with Crippen molar-refractivity contribution in [3.8, 4) is 11.4 Å². The molecule has 0 N–H and O–H groups in total. The van der Waals surface area contributed by atoms with Crippen LogP contribution in [0, 0.1) is 0 Å². The van der Waals surface area contributed by atoms with E-state index in [4.69, 9.17) is 16.1 Å². The summed E-state index contributed by atoms with van der Waals surface area (Å²) in [6.45, 7) is 1.86. The fraction of sp³-hybridized carbons (Fsp3) is 0.238. The van der Waals surface area contributed by atoms with Crippen LogP contribution in [0.5, 0.6) is 0 Å². The molecule has 1 fully saturated rings. The predicted molar refractivity (Wildman–Crippen MR) is 108 cm³/mol. The van der Waals surface area contributed by atoms with E-state index in [0.29, 0.717) is 16.7 Å². The highest BCUT2D eigenvalue weighted by Crippen LogP contribution is 2.32. The number of pyridine rings is 2. The van der Waals surface area contributed by atoms with E-state index in [2.05, 4.69) is 37.1 Å². The predicted octanol–water partition coefficient (Wildman–Crippen LogP) is 4.72. The zero-order chi connectivity index (χ0) is 18.9. The third-order valence-electron chi connectivity index (χ3n) is 5.24. The van der Waals surface area contributed by atoms with Crippen molar-refractivity contribution in [2.45, 2.75) is 18.8 Å². The standard InChI is InChI=1S/C21H18ClN5O/c22-18-13-23-8-5-17(18)20-25-21(28-26-20)14-6-9-27(10-7-14)16-11-15-3-1-2-4-19(15)24-12-16/h1-5,8,11-14H,6-7,9-10H2. The maximum atomic E-state index is 6.19. The van der Waals surface area contributed by atoms with Crippen molar-refractivity contribution < 1.29 is 4.52 Å². The second kappa shape index (κ2) is 7.20. The zero-order valence-electron chi connectivity index (χ0n) is 15.1. The molecule has 140 valence electrons. The molecule has 3 aromatic heterocycles. The number of benzene rings is 1. The molecule has 0 unspecified atom stereocenters. The van der Waals surface area contributed by atoms with Gasteiger partial charge in [-0.3, -0.25) is 9.97 Å². The van der Waals surface area contributed by atoms with Gasteiger partial charge < -0.3 is 9.42 Å². The van der Waals surface area contributed by atoms with Crippen LogP contribution in [0.3, 0.4) is 0 Å². The van der Waals surface area contributed by atoms with Crippen LogP contribution < -0.4 is 4.90 Å². The number of para-hydroxylation sites is 1. The van der Waals surface area contributed by atoms with Crippen LogP contribution in [0.4, 0.5) is 5.69 Å². The third-order valence-corrected chi connectivity index (χ3v) is 5.54. The summed E-state index contributed by atoms with van der Waals surface area (Å²) in [4.78, 5) is 15.5. The number of hydrogen-bond acceptors (Lipinski definition) is 6. The summed E-state index contributed by atoms with van der Waals surface area (Å²) in [5.74, 6) is 1.45. The van der Waals surface area contributed by atoms with Gasteiger partial charge in [0.25, 0.3) is 0 Å². The highest BCUT2D eigenvalue weighted by Gasteiger charge is 2.26. The zero-order valence-corrected chi connectivity index (χ0v) is 15.9. The Morgan fingerprint density at radius 3 is 2.79 bits per heavy atom. The van der Waals surface area contributed by atoms with Crippen molar-refractivity contribution in [1.29, 1.82) is 0 Å². The lowest BCUT2D eigenvalue weighted by molar-refractivity contribution is 0.329. The Hall–Kier alpha value is -2.99. The molecule has 1 aliphatic rings. The minimum absolute atomic E-state index is 0.256. The van der Waals surface area contributed by atoms with Crippen LogP contribution >= 0.6 is 11.6 Å². The molecule has 4 aromatic rings. The number of halogens is 1. The Labute approximate surface area is 167 Å². The molecule has 6 nitrogen and oxygen atoms in total. The first-order valence-corrected chi connectivity index (χ1v) is 9.69. The first kappa shape index (κ1) is 17.1.